The Hall–Kier alpha value is -2.84. The van der Waals surface area contributed by atoms with Crippen molar-refractivity contribution < 1.29 is 33.6 Å². The molecule has 2 bridgehead atoms. The lowest BCUT2D eigenvalue weighted by atomic mass is 9.50. The molecule has 48 heavy (non-hydrogen) atoms. The molecule has 1 unspecified atom stereocenters. The van der Waals surface area contributed by atoms with Crippen molar-refractivity contribution in [1.82, 2.24) is 4.90 Å². The summed E-state index contributed by atoms with van der Waals surface area (Å²) in [6.45, 7) is 8.37. The maximum atomic E-state index is 13.1. The van der Waals surface area contributed by atoms with E-state index in [0.29, 0.717) is 37.2 Å². The number of carbonyl (C=O) groups excluding carboxylic acids is 2. The molecule has 5 rings (SSSR count). The quantitative estimate of drug-likeness (QED) is 0.0763. The third-order valence-corrected chi connectivity index (χ3v) is 10.8. The maximum Gasteiger partial charge on any atom is 0.514 e. The highest BCUT2D eigenvalue weighted by Crippen LogP contribution is 2.65. The molecule has 1 aromatic rings. The van der Waals surface area contributed by atoms with E-state index < -0.39 is 28.9 Å². The zero-order valence-electron chi connectivity index (χ0n) is 30.1. The van der Waals surface area contributed by atoms with Crippen LogP contribution in [0.5, 0.6) is 11.5 Å². The van der Waals surface area contributed by atoms with Gasteiger partial charge in [-0.1, -0.05) is 76.5 Å². The van der Waals surface area contributed by atoms with E-state index in [9.17, 15) is 14.7 Å². The standard InChI is InChI=1S/C40H59NO7/c1-6-7-8-9-10-11-12-13-14-15-16-17-18-19-20-21-33(42)45-31-24-25-40(44)32-28-29-22-23-30(46-37(43)48-38(2,3)4)35-34(29)39(40,36(31)47-35)26-27-41(32)5/h13-14,22-24,32,36,44H,6-12,15-21,25-28H2,1-5H3/t32?,36-,39-,40-/m0/s1. The summed E-state index contributed by atoms with van der Waals surface area (Å²) in [5.41, 5.74) is -0.708. The summed E-state index contributed by atoms with van der Waals surface area (Å²) in [5, 5.41) is 12.5. The van der Waals surface area contributed by atoms with Gasteiger partial charge in [-0.25, -0.2) is 4.79 Å². The van der Waals surface area contributed by atoms with Crippen LogP contribution in [0.15, 0.2) is 36.1 Å². The second-order valence-electron chi connectivity index (χ2n) is 15.5. The van der Waals surface area contributed by atoms with E-state index >= 15 is 0 Å². The number of carbonyl (C=O) groups is 2. The number of hydrogen-bond acceptors (Lipinski definition) is 8. The van der Waals surface area contributed by atoms with Crippen LogP contribution in [0, 0.1) is 0 Å². The minimum absolute atomic E-state index is 0.113. The number of hydrogen-bond donors (Lipinski definition) is 1. The van der Waals surface area contributed by atoms with Gasteiger partial charge < -0.3 is 29.0 Å². The lowest BCUT2D eigenvalue weighted by Crippen LogP contribution is -2.74. The summed E-state index contributed by atoms with van der Waals surface area (Å²) in [7, 11) is 2.06. The molecule has 1 fully saturated rings. The molecular formula is C40H59NO7. The number of aliphatic hydroxyl groups is 1. The van der Waals surface area contributed by atoms with E-state index in [1.54, 1.807) is 26.8 Å². The van der Waals surface area contributed by atoms with Crippen molar-refractivity contribution in [3.63, 3.8) is 0 Å². The van der Waals surface area contributed by atoms with Crippen molar-refractivity contribution in [2.45, 2.75) is 166 Å². The fourth-order valence-corrected chi connectivity index (χ4v) is 8.39. The molecule has 4 aliphatic rings. The number of ether oxygens (including phenoxy) is 4. The van der Waals surface area contributed by atoms with Crippen LogP contribution in [-0.2, 0) is 26.1 Å². The average Bonchev–Trinajstić information content (AvgIpc) is 3.38. The predicted molar refractivity (Wildman–Crippen MR) is 187 cm³/mol. The molecule has 4 atom stereocenters. The van der Waals surface area contributed by atoms with Gasteiger partial charge in [-0.15, -0.1) is 0 Å². The molecule has 8 nitrogen and oxygen atoms in total. The Kier molecular flexibility index (Phi) is 12.0. The Balaban J connectivity index is 1.14. The minimum atomic E-state index is -1.12. The van der Waals surface area contributed by atoms with Crippen molar-refractivity contribution in [3.05, 3.63) is 47.2 Å². The zero-order chi connectivity index (χ0) is 34.4. The third kappa shape index (κ3) is 7.80. The highest BCUT2D eigenvalue weighted by molar-refractivity contribution is 5.73. The molecule has 2 aliphatic heterocycles. The fraction of sp³-hybridized carbons (Fsp3) is 0.700. The molecule has 2 aliphatic carbocycles. The highest BCUT2D eigenvalue weighted by atomic mass is 16.7. The number of unbranched alkanes of at least 4 members (excludes halogenated alkanes) is 11. The van der Waals surface area contributed by atoms with E-state index in [1.165, 1.54) is 57.8 Å². The van der Waals surface area contributed by atoms with Gasteiger partial charge in [0.2, 0.25) is 0 Å². The van der Waals surface area contributed by atoms with Crippen LogP contribution in [-0.4, -0.2) is 59.1 Å². The number of rotatable bonds is 17. The SMILES string of the molecule is CCCCCCCCC=CCCCCCCCC(=O)OC1=CC[C@]2(O)C3Cc4ccc(OC(=O)OC(C)(C)C)c5c4[C@@]2(CCN3C)[C@H]1O5. The van der Waals surface area contributed by atoms with Crippen molar-refractivity contribution >= 4 is 12.1 Å². The largest absolute Gasteiger partial charge is 0.514 e. The topological polar surface area (TPSA) is 94.5 Å². The highest BCUT2D eigenvalue weighted by Gasteiger charge is 2.72. The summed E-state index contributed by atoms with van der Waals surface area (Å²) >= 11 is 0. The van der Waals surface area contributed by atoms with Crippen LogP contribution in [0.3, 0.4) is 0 Å². The van der Waals surface area contributed by atoms with Gasteiger partial charge in [0.1, 0.15) is 11.4 Å². The molecule has 0 amide bonds. The fourth-order valence-electron chi connectivity index (χ4n) is 8.39. The first-order valence-corrected chi connectivity index (χ1v) is 18.7. The molecular weight excluding hydrogens is 606 g/mol. The lowest BCUT2D eigenvalue weighted by molar-refractivity contribution is -0.169. The van der Waals surface area contributed by atoms with Gasteiger partial charge in [-0.05, 0) is 97.0 Å². The Morgan fingerprint density at radius 3 is 2.33 bits per heavy atom. The number of likely N-dealkylation sites (N-methyl/N-ethyl adjacent to an activating group) is 1. The summed E-state index contributed by atoms with van der Waals surface area (Å²) in [5.74, 6) is 0.871. The number of likely N-dealkylation sites (tertiary alicyclic amines) is 1. The molecule has 0 aromatic heterocycles. The second kappa shape index (κ2) is 15.8. The van der Waals surface area contributed by atoms with E-state index in [0.717, 1.165) is 43.4 Å². The van der Waals surface area contributed by atoms with Crippen LogP contribution in [0.4, 0.5) is 4.79 Å². The molecule has 266 valence electrons. The second-order valence-corrected chi connectivity index (χ2v) is 15.5. The molecule has 8 heteroatoms. The number of benzene rings is 1. The first-order chi connectivity index (χ1) is 23.0. The van der Waals surface area contributed by atoms with Gasteiger partial charge in [-0.2, -0.15) is 0 Å². The van der Waals surface area contributed by atoms with Gasteiger partial charge >= 0.3 is 12.1 Å². The Bertz CT molecular complexity index is 1350. The van der Waals surface area contributed by atoms with Crippen LogP contribution >= 0.6 is 0 Å². The van der Waals surface area contributed by atoms with Crippen LogP contribution in [0.2, 0.25) is 0 Å². The maximum absolute atomic E-state index is 13.1. The van der Waals surface area contributed by atoms with E-state index in [2.05, 4.69) is 31.0 Å². The number of allylic oxidation sites excluding steroid dienone is 2. The van der Waals surface area contributed by atoms with E-state index in [1.807, 2.05) is 12.1 Å². The van der Waals surface area contributed by atoms with Gasteiger partial charge in [0.15, 0.2) is 17.6 Å². The number of esters is 1. The average molecular weight is 666 g/mol. The van der Waals surface area contributed by atoms with Crippen molar-refractivity contribution in [2.75, 3.05) is 13.6 Å². The van der Waals surface area contributed by atoms with Crippen LogP contribution < -0.4 is 9.47 Å². The number of nitrogens with zero attached hydrogens (tertiary/aromatic N) is 1. The van der Waals surface area contributed by atoms with Gasteiger partial charge in [-0.3, -0.25) is 4.79 Å². The zero-order valence-corrected chi connectivity index (χ0v) is 30.1. The van der Waals surface area contributed by atoms with Crippen molar-refractivity contribution in [2.24, 2.45) is 0 Å². The molecule has 2 heterocycles. The van der Waals surface area contributed by atoms with Gasteiger partial charge in [0, 0.05) is 24.4 Å². The van der Waals surface area contributed by atoms with E-state index in [4.69, 9.17) is 18.9 Å². The van der Waals surface area contributed by atoms with E-state index in [-0.39, 0.29) is 17.8 Å². The summed E-state index contributed by atoms with van der Waals surface area (Å²) < 4.78 is 23.8. The molecule has 0 radical (unpaired) electrons. The van der Waals surface area contributed by atoms with Gasteiger partial charge in [0.25, 0.3) is 0 Å². The molecule has 1 aromatic carbocycles. The smallest absolute Gasteiger partial charge is 0.477 e. The van der Waals surface area contributed by atoms with Crippen molar-refractivity contribution in [3.8, 4) is 11.5 Å². The Morgan fingerprint density at radius 1 is 0.979 bits per heavy atom. The van der Waals surface area contributed by atoms with Gasteiger partial charge in [0.05, 0.1) is 11.0 Å². The lowest BCUT2D eigenvalue weighted by Gasteiger charge is -2.61. The Labute approximate surface area is 288 Å². The first kappa shape index (κ1) is 36.4. The monoisotopic (exact) mass is 665 g/mol. The predicted octanol–water partition coefficient (Wildman–Crippen LogP) is 8.86. The molecule has 1 N–H and O–H groups in total. The van der Waals surface area contributed by atoms with Crippen molar-refractivity contribution in [1.29, 1.82) is 0 Å². The normalized spacial score (nSPS) is 25.8. The molecule has 1 saturated heterocycles. The number of piperidine rings is 1. The first-order valence-electron chi connectivity index (χ1n) is 18.7. The third-order valence-electron chi connectivity index (χ3n) is 10.8. The van der Waals surface area contributed by atoms with Crippen LogP contribution in [0.25, 0.3) is 0 Å². The summed E-state index contributed by atoms with van der Waals surface area (Å²) in [4.78, 5) is 28.0. The summed E-state index contributed by atoms with van der Waals surface area (Å²) in [6.07, 6.45) is 22.6. The Morgan fingerprint density at radius 2 is 1.65 bits per heavy atom. The van der Waals surface area contributed by atoms with Crippen LogP contribution in [0.1, 0.15) is 142 Å². The minimum Gasteiger partial charge on any atom is -0.477 e. The molecule has 0 saturated carbocycles. The summed E-state index contributed by atoms with van der Waals surface area (Å²) in [6, 6.07) is 3.60. The molecule has 1 spiro atoms.